The van der Waals surface area contributed by atoms with Crippen LogP contribution in [0.2, 0.25) is 0 Å². The molecule has 218 valence electrons. The van der Waals surface area contributed by atoms with Crippen LogP contribution in [-0.2, 0) is 0 Å². The molecule has 6 rings (SSSR count). The molecule has 1 heteroatoms. The molecule has 0 aromatic heterocycles. The van der Waals surface area contributed by atoms with Gasteiger partial charge in [-0.3, -0.25) is 0 Å². The van der Waals surface area contributed by atoms with E-state index in [9.17, 15) is 0 Å². The molecule has 0 atom stereocenters. The molecule has 1 aliphatic rings. The standard InChI is InChI=1S/C42H45P/c1-41(2,3)28-43(29-42(4,5)6)34-21-15-20-32(26-34)33-24-25-37-38(27-33)40(31-18-11-8-12-19-31)36-23-14-13-22-35(36)39(37)30-16-9-7-10-17-30/h7-12,15-27H,13-14,28-29H2,1-6H3. The van der Waals surface area contributed by atoms with Gasteiger partial charge in [-0.2, -0.15) is 0 Å². The third-order valence-corrected chi connectivity index (χ3v) is 11.9. The summed E-state index contributed by atoms with van der Waals surface area (Å²) in [6.07, 6.45) is 9.61. The minimum absolute atomic E-state index is 0.267. The Morgan fingerprint density at radius 2 is 0.977 bits per heavy atom. The fourth-order valence-corrected chi connectivity index (χ4v) is 10.1. The van der Waals surface area contributed by atoms with Crippen LogP contribution < -0.4 is 15.7 Å². The van der Waals surface area contributed by atoms with E-state index in [2.05, 4.69) is 157 Å². The van der Waals surface area contributed by atoms with Gasteiger partial charge in [-0.05, 0) is 108 Å². The summed E-state index contributed by atoms with van der Waals surface area (Å²) in [5.74, 6) is 0. The highest BCUT2D eigenvalue weighted by Crippen LogP contribution is 2.46. The van der Waals surface area contributed by atoms with Crippen LogP contribution in [0.3, 0.4) is 0 Å². The monoisotopic (exact) mass is 580 g/mol. The lowest BCUT2D eigenvalue weighted by molar-refractivity contribution is 0.460. The maximum Gasteiger partial charge on any atom is -0.00295 e. The van der Waals surface area contributed by atoms with E-state index < -0.39 is 0 Å². The minimum Gasteiger partial charge on any atom is -0.0757 e. The van der Waals surface area contributed by atoms with Crippen LogP contribution in [0.25, 0.3) is 56.3 Å². The maximum atomic E-state index is 2.50. The van der Waals surface area contributed by atoms with Crippen molar-refractivity contribution in [3.63, 3.8) is 0 Å². The van der Waals surface area contributed by atoms with Gasteiger partial charge in [-0.25, -0.2) is 0 Å². The Morgan fingerprint density at radius 1 is 0.488 bits per heavy atom. The van der Waals surface area contributed by atoms with Crippen LogP contribution >= 0.6 is 7.92 Å². The van der Waals surface area contributed by atoms with Gasteiger partial charge in [-0.1, -0.05) is 153 Å². The van der Waals surface area contributed by atoms with Crippen LogP contribution in [0.5, 0.6) is 0 Å². The fraction of sp³-hybridized carbons (Fsp3) is 0.286. The van der Waals surface area contributed by atoms with E-state index >= 15 is 0 Å². The lowest BCUT2D eigenvalue weighted by Crippen LogP contribution is -2.31. The first-order valence-electron chi connectivity index (χ1n) is 15.8. The highest BCUT2D eigenvalue weighted by molar-refractivity contribution is 7.65. The second-order valence-corrected chi connectivity index (χ2v) is 16.8. The van der Waals surface area contributed by atoms with Crippen molar-refractivity contribution in [1.29, 1.82) is 0 Å². The molecule has 5 aromatic rings. The maximum absolute atomic E-state index is 2.50. The summed E-state index contributed by atoms with van der Waals surface area (Å²) in [4.78, 5) is 0. The van der Waals surface area contributed by atoms with Gasteiger partial charge in [-0.15, -0.1) is 0 Å². The topological polar surface area (TPSA) is 0 Å². The molecular formula is C42H45P. The van der Waals surface area contributed by atoms with Gasteiger partial charge in [0.2, 0.25) is 0 Å². The van der Waals surface area contributed by atoms with Gasteiger partial charge < -0.3 is 0 Å². The normalized spacial score (nSPS) is 13.5. The van der Waals surface area contributed by atoms with Crippen LogP contribution in [0.1, 0.15) is 54.4 Å². The molecule has 1 aliphatic carbocycles. The van der Waals surface area contributed by atoms with Gasteiger partial charge in [0.25, 0.3) is 0 Å². The van der Waals surface area contributed by atoms with Crippen molar-refractivity contribution >= 4 is 36.2 Å². The summed E-state index contributed by atoms with van der Waals surface area (Å²) in [7, 11) is -0.267. The van der Waals surface area contributed by atoms with Crippen molar-refractivity contribution in [1.82, 2.24) is 0 Å². The Hall–Kier alpha value is -3.47. The summed E-state index contributed by atoms with van der Waals surface area (Å²) >= 11 is 0. The molecule has 0 aliphatic heterocycles. The number of benzene rings is 5. The molecule has 0 spiro atoms. The van der Waals surface area contributed by atoms with Gasteiger partial charge in [0.1, 0.15) is 0 Å². The molecule has 0 saturated heterocycles. The Kier molecular flexibility index (Phi) is 8.19. The highest BCUT2D eigenvalue weighted by atomic mass is 31.1. The van der Waals surface area contributed by atoms with E-state index in [0.29, 0.717) is 10.8 Å². The molecule has 0 amide bonds. The first kappa shape index (κ1) is 29.6. The zero-order valence-corrected chi connectivity index (χ0v) is 27.6. The Bertz CT molecular complexity index is 1850. The molecule has 43 heavy (non-hydrogen) atoms. The molecular weight excluding hydrogens is 535 g/mol. The number of hydrogen-bond acceptors (Lipinski definition) is 0. The zero-order valence-electron chi connectivity index (χ0n) is 26.7. The summed E-state index contributed by atoms with van der Waals surface area (Å²) in [5.41, 5.74) is 8.54. The molecule has 5 aromatic carbocycles. The van der Waals surface area contributed by atoms with Crippen molar-refractivity contribution in [3.05, 3.63) is 114 Å². The van der Waals surface area contributed by atoms with Gasteiger partial charge >= 0.3 is 0 Å². The highest BCUT2D eigenvalue weighted by Gasteiger charge is 2.25. The molecule has 0 nitrogen and oxygen atoms in total. The van der Waals surface area contributed by atoms with E-state index in [1.54, 1.807) is 0 Å². The van der Waals surface area contributed by atoms with E-state index in [1.807, 2.05) is 0 Å². The summed E-state index contributed by atoms with van der Waals surface area (Å²) in [5, 5.41) is 6.96. The van der Waals surface area contributed by atoms with Crippen molar-refractivity contribution in [2.45, 2.75) is 54.4 Å². The Labute approximate surface area is 260 Å². The molecule has 0 saturated carbocycles. The van der Waals surface area contributed by atoms with Crippen LogP contribution in [-0.4, -0.2) is 12.3 Å². The average Bonchev–Trinajstić information content (AvgIpc) is 2.99. The van der Waals surface area contributed by atoms with Crippen molar-refractivity contribution in [2.24, 2.45) is 10.8 Å². The lowest BCUT2D eigenvalue weighted by atomic mass is 9.85. The zero-order chi connectivity index (χ0) is 30.2. The number of fused-ring (bicyclic) bond motifs is 2. The van der Waals surface area contributed by atoms with Crippen LogP contribution in [0.4, 0.5) is 0 Å². The predicted molar refractivity (Wildman–Crippen MR) is 193 cm³/mol. The smallest absolute Gasteiger partial charge is 0.00295 e. The minimum atomic E-state index is -0.267. The number of hydrogen-bond donors (Lipinski definition) is 0. The van der Waals surface area contributed by atoms with E-state index in [1.165, 1.54) is 72.2 Å². The Morgan fingerprint density at radius 3 is 1.51 bits per heavy atom. The second kappa shape index (κ2) is 11.9. The molecule has 0 unspecified atom stereocenters. The van der Waals surface area contributed by atoms with E-state index in [-0.39, 0.29) is 7.92 Å². The van der Waals surface area contributed by atoms with Crippen LogP contribution in [0.15, 0.2) is 103 Å². The van der Waals surface area contributed by atoms with E-state index in [0.717, 1.165) is 12.8 Å². The molecule has 0 N–H and O–H groups in total. The van der Waals surface area contributed by atoms with E-state index in [4.69, 9.17) is 0 Å². The SMILES string of the molecule is CC(C)(C)CP(CC(C)(C)C)c1cccc(-c2ccc3c(-c4ccccc4)c4c(c(-c5ccccc5)c3c2)=CCCC=4)c1. The average molecular weight is 581 g/mol. The largest absolute Gasteiger partial charge is 0.0757 e. The van der Waals surface area contributed by atoms with Gasteiger partial charge in [0.15, 0.2) is 0 Å². The molecule has 0 bridgehead atoms. The quantitative estimate of drug-likeness (QED) is 0.175. The lowest BCUT2D eigenvalue weighted by Gasteiger charge is -2.32. The second-order valence-electron chi connectivity index (χ2n) is 14.6. The predicted octanol–water partition coefficient (Wildman–Crippen LogP) is 10.4. The van der Waals surface area contributed by atoms with Crippen molar-refractivity contribution < 1.29 is 0 Å². The summed E-state index contributed by atoms with van der Waals surface area (Å²) in [6, 6.07) is 38.7. The van der Waals surface area contributed by atoms with Crippen molar-refractivity contribution in [3.8, 4) is 33.4 Å². The van der Waals surface area contributed by atoms with Gasteiger partial charge in [0.05, 0.1) is 0 Å². The third kappa shape index (κ3) is 6.56. The fourth-order valence-electron chi connectivity index (χ4n) is 6.68. The first-order valence-corrected chi connectivity index (χ1v) is 17.5. The van der Waals surface area contributed by atoms with Crippen LogP contribution in [0, 0.1) is 10.8 Å². The summed E-state index contributed by atoms with van der Waals surface area (Å²) < 4.78 is 0. The molecule has 0 radical (unpaired) electrons. The summed E-state index contributed by atoms with van der Waals surface area (Å²) in [6.45, 7) is 14.3. The number of rotatable bonds is 6. The molecule has 0 heterocycles. The van der Waals surface area contributed by atoms with Crippen molar-refractivity contribution in [2.75, 3.05) is 12.3 Å². The Balaban J connectivity index is 1.59. The molecule has 0 fully saturated rings. The van der Waals surface area contributed by atoms with Gasteiger partial charge in [0, 0.05) is 0 Å². The first-order chi connectivity index (χ1) is 20.6. The third-order valence-electron chi connectivity index (χ3n) is 8.25.